The summed E-state index contributed by atoms with van der Waals surface area (Å²) < 4.78 is 22.3. The van der Waals surface area contributed by atoms with Crippen molar-refractivity contribution in [3.05, 3.63) is 36.0 Å². The summed E-state index contributed by atoms with van der Waals surface area (Å²) in [6.07, 6.45) is 1.90. The molecule has 1 heterocycles. The van der Waals surface area contributed by atoms with Gasteiger partial charge >= 0.3 is 0 Å². The lowest BCUT2D eigenvalue weighted by atomic mass is 10.3. The molecule has 6 nitrogen and oxygen atoms in total. The first-order valence-electron chi connectivity index (χ1n) is 5.68. The van der Waals surface area contributed by atoms with Crippen molar-refractivity contribution in [3.63, 3.8) is 0 Å². The summed E-state index contributed by atoms with van der Waals surface area (Å²) in [5.74, 6) is 0.658. The van der Waals surface area contributed by atoms with E-state index in [1.54, 1.807) is 12.1 Å². The van der Waals surface area contributed by atoms with Gasteiger partial charge in [-0.25, -0.2) is 23.5 Å². The van der Waals surface area contributed by atoms with Crippen molar-refractivity contribution in [1.82, 2.24) is 9.97 Å². The van der Waals surface area contributed by atoms with Crippen molar-refractivity contribution in [1.29, 1.82) is 0 Å². The van der Waals surface area contributed by atoms with Crippen LogP contribution in [0.25, 0.3) is 0 Å². The number of aryl methyl sites for hydroxylation is 1. The van der Waals surface area contributed by atoms with Crippen LogP contribution in [0.2, 0.25) is 0 Å². The van der Waals surface area contributed by atoms with Crippen molar-refractivity contribution in [2.45, 2.75) is 17.0 Å². The Kier molecular flexibility index (Phi) is 4.26. The average molecular weight is 310 g/mol. The van der Waals surface area contributed by atoms with Crippen LogP contribution in [0.15, 0.2) is 40.4 Å². The van der Waals surface area contributed by atoms with Gasteiger partial charge in [0.2, 0.25) is 10.0 Å². The molecule has 0 aliphatic heterocycles. The Bertz CT molecular complexity index is 715. The van der Waals surface area contributed by atoms with E-state index in [4.69, 9.17) is 5.14 Å². The Morgan fingerprint density at radius 1 is 1.20 bits per heavy atom. The molecule has 0 aliphatic rings. The Morgan fingerprint density at radius 2 is 1.85 bits per heavy atom. The molecule has 1 aromatic carbocycles. The highest BCUT2D eigenvalue weighted by molar-refractivity contribution is 7.98. The van der Waals surface area contributed by atoms with Crippen LogP contribution in [0, 0.1) is 6.92 Å². The van der Waals surface area contributed by atoms with E-state index in [0.717, 1.165) is 11.4 Å². The number of benzene rings is 1. The monoisotopic (exact) mass is 310 g/mol. The molecule has 0 saturated carbocycles. The number of nitrogens with two attached hydrogens (primary N) is 1. The highest BCUT2D eigenvalue weighted by atomic mass is 32.2. The van der Waals surface area contributed by atoms with Crippen LogP contribution < -0.4 is 10.5 Å². The smallest absolute Gasteiger partial charge is 0.238 e. The third-order valence-corrected chi connectivity index (χ3v) is 3.95. The number of rotatable bonds is 4. The van der Waals surface area contributed by atoms with Gasteiger partial charge in [0.15, 0.2) is 5.16 Å². The first kappa shape index (κ1) is 14.8. The minimum absolute atomic E-state index is 0.0757. The van der Waals surface area contributed by atoms with Gasteiger partial charge < -0.3 is 5.32 Å². The van der Waals surface area contributed by atoms with Crippen LogP contribution in [-0.4, -0.2) is 24.6 Å². The lowest BCUT2D eigenvalue weighted by molar-refractivity contribution is 0.598. The Morgan fingerprint density at radius 3 is 2.40 bits per heavy atom. The normalized spacial score (nSPS) is 11.3. The molecule has 106 valence electrons. The van der Waals surface area contributed by atoms with E-state index >= 15 is 0 Å². The van der Waals surface area contributed by atoms with Crippen molar-refractivity contribution < 1.29 is 8.42 Å². The summed E-state index contributed by atoms with van der Waals surface area (Å²) in [5, 5.41) is 8.82. The quantitative estimate of drug-likeness (QED) is 0.661. The number of primary sulfonamides is 1. The summed E-state index contributed by atoms with van der Waals surface area (Å²) in [6.45, 7) is 1.89. The van der Waals surface area contributed by atoms with E-state index in [9.17, 15) is 8.42 Å². The first-order valence-corrected chi connectivity index (χ1v) is 8.45. The summed E-state index contributed by atoms with van der Waals surface area (Å²) in [5.41, 5.74) is 1.58. The van der Waals surface area contributed by atoms with E-state index in [-0.39, 0.29) is 4.90 Å². The lowest BCUT2D eigenvalue weighted by Crippen LogP contribution is -2.11. The fraction of sp³-hybridized carbons (Fsp3) is 0.167. The first-order chi connectivity index (χ1) is 9.38. The molecule has 1 aromatic heterocycles. The molecule has 0 atom stereocenters. The topological polar surface area (TPSA) is 98.0 Å². The second-order valence-corrected chi connectivity index (χ2v) is 6.41. The van der Waals surface area contributed by atoms with Gasteiger partial charge in [0.25, 0.3) is 0 Å². The van der Waals surface area contributed by atoms with E-state index in [0.29, 0.717) is 11.0 Å². The largest absolute Gasteiger partial charge is 0.340 e. The number of hydrogen-bond acceptors (Lipinski definition) is 6. The highest BCUT2D eigenvalue weighted by Gasteiger charge is 2.07. The van der Waals surface area contributed by atoms with Gasteiger partial charge in [-0.1, -0.05) is 11.8 Å². The van der Waals surface area contributed by atoms with E-state index in [1.807, 2.05) is 19.2 Å². The molecule has 3 N–H and O–H groups in total. The van der Waals surface area contributed by atoms with Gasteiger partial charge in [0.1, 0.15) is 5.82 Å². The molecule has 2 rings (SSSR count). The molecule has 0 radical (unpaired) electrons. The van der Waals surface area contributed by atoms with Crippen LogP contribution in [0.5, 0.6) is 0 Å². The maximum atomic E-state index is 11.2. The fourth-order valence-electron chi connectivity index (χ4n) is 1.57. The molecule has 8 heteroatoms. The summed E-state index contributed by atoms with van der Waals surface area (Å²) in [6, 6.07) is 7.97. The van der Waals surface area contributed by atoms with Gasteiger partial charge in [0.05, 0.1) is 4.90 Å². The van der Waals surface area contributed by atoms with Gasteiger partial charge in [-0.2, -0.15) is 0 Å². The lowest BCUT2D eigenvalue weighted by Gasteiger charge is -2.08. The standard InChI is InChI=1S/C12H14N4O2S2/c1-8-7-11(16-12(14-8)19-2)15-9-3-5-10(6-4-9)20(13,17)18/h3-7H,1-2H3,(H2,13,17,18)(H,14,15,16). The van der Waals surface area contributed by atoms with Gasteiger partial charge in [0, 0.05) is 17.4 Å². The Labute approximate surface area is 121 Å². The third kappa shape index (κ3) is 3.69. The summed E-state index contributed by atoms with van der Waals surface area (Å²) in [4.78, 5) is 8.65. The van der Waals surface area contributed by atoms with Crippen LogP contribution in [0.3, 0.4) is 0 Å². The predicted molar refractivity (Wildman–Crippen MR) is 79.6 cm³/mol. The third-order valence-electron chi connectivity index (χ3n) is 2.47. The van der Waals surface area contributed by atoms with E-state index in [2.05, 4.69) is 15.3 Å². The van der Waals surface area contributed by atoms with Gasteiger partial charge in [-0.3, -0.25) is 0 Å². The van der Waals surface area contributed by atoms with Crippen LogP contribution in [-0.2, 0) is 10.0 Å². The molecular formula is C12H14N4O2S2. The molecule has 0 spiro atoms. The highest BCUT2D eigenvalue weighted by Crippen LogP contribution is 2.19. The van der Waals surface area contributed by atoms with Crippen LogP contribution >= 0.6 is 11.8 Å². The molecule has 2 aromatic rings. The second kappa shape index (κ2) is 5.78. The van der Waals surface area contributed by atoms with Crippen molar-refractivity contribution >= 4 is 33.3 Å². The predicted octanol–water partition coefficient (Wildman–Crippen LogP) is 1.90. The average Bonchev–Trinajstić information content (AvgIpc) is 2.37. The minimum Gasteiger partial charge on any atom is -0.340 e. The van der Waals surface area contributed by atoms with E-state index in [1.165, 1.54) is 23.9 Å². The molecular weight excluding hydrogens is 296 g/mol. The number of anilines is 2. The summed E-state index contributed by atoms with van der Waals surface area (Å²) >= 11 is 1.46. The maximum Gasteiger partial charge on any atom is 0.238 e. The van der Waals surface area contributed by atoms with Crippen LogP contribution in [0.1, 0.15) is 5.69 Å². The summed E-state index contributed by atoms with van der Waals surface area (Å²) in [7, 11) is -3.67. The molecule has 20 heavy (non-hydrogen) atoms. The van der Waals surface area contributed by atoms with Crippen molar-refractivity contribution in [2.24, 2.45) is 5.14 Å². The Balaban J connectivity index is 2.24. The molecule has 0 fully saturated rings. The van der Waals surface area contributed by atoms with Gasteiger partial charge in [-0.15, -0.1) is 0 Å². The van der Waals surface area contributed by atoms with Crippen molar-refractivity contribution in [3.8, 4) is 0 Å². The van der Waals surface area contributed by atoms with Crippen molar-refractivity contribution in [2.75, 3.05) is 11.6 Å². The molecule has 0 aliphatic carbocycles. The number of aromatic nitrogens is 2. The minimum atomic E-state index is -3.67. The zero-order valence-electron chi connectivity index (χ0n) is 11.0. The fourth-order valence-corrected chi connectivity index (χ4v) is 2.51. The van der Waals surface area contributed by atoms with Gasteiger partial charge in [-0.05, 0) is 37.4 Å². The zero-order chi connectivity index (χ0) is 14.8. The van der Waals surface area contributed by atoms with E-state index < -0.39 is 10.0 Å². The second-order valence-electron chi connectivity index (χ2n) is 4.08. The number of nitrogens with one attached hydrogen (secondary N) is 1. The molecule has 0 saturated heterocycles. The van der Waals surface area contributed by atoms with Crippen LogP contribution in [0.4, 0.5) is 11.5 Å². The Hall–Kier alpha value is -1.64. The molecule has 0 unspecified atom stereocenters. The number of sulfonamides is 1. The number of thioether (sulfide) groups is 1. The maximum absolute atomic E-state index is 11.2. The molecule has 0 bridgehead atoms. The SMILES string of the molecule is CSc1nc(C)cc(Nc2ccc(S(N)(=O)=O)cc2)n1. The zero-order valence-corrected chi connectivity index (χ0v) is 12.6. The molecule has 0 amide bonds. The number of nitrogens with zero attached hydrogens (tertiary/aromatic N) is 2. The number of hydrogen-bond donors (Lipinski definition) is 2.